The van der Waals surface area contributed by atoms with Crippen LogP contribution in [-0.4, -0.2) is 34.9 Å². The van der Waals surface area contributed by atoms with Crippen molar-refractivity contribution in [1.82, 2.24) is 0 Å². The van der Waals surface area contributed by atoms with Crippen LogP contribution in [0.15, 0.2) is 12.3 Å². The summed E-state index contributed by atoms with van der Waals surface area (Å²) in [5.74, 6) is 0. The van der Waals surface area contributed by atoms with Gasteiger partial charge in [0.2, 0.25) is 0 Å². The summed E-state index contributed by atoms with van der Waals surface area (Å²) in [5.41, 5.74) is 0. The van der Waals surface area contributed by atoms with E-state index in [1.54, 1.807) is 6.26 Å². The van der Waals surface area contributed by atoms with Crippen LogP contribution in [0.4, 0.5) is 0 Å². The van der Waals surface area contributed by atoms with E-state index in [2.05, 4.69) is 74.7 Å². The molecule has 23 heavy (non-hydrogen) atoms. The zero-order valence-corrected chi connectivity index (χ0v) is 19.1. The van der Waals surface area contributed by atoms with Gasteiger partial charge in [-0.3, -0.25) is 0 Å². The first-order valence-corrected chi connectivity index (χ1v) is 14.6. The van der Waals surface area contributed by atoms with Gasteiger partial charge >= 0.3 is 0 Å². The molecule has 0 aliphatic carbocycles. The average Bonchev–Trinajstić information content (AvgIpc) is 2.30. The Bertz CT molecular complexity index is 431. The monoisotopic (exact) mass is 358 g/mol. The van der Waals surface area contributed by atoms with Crippen molar-refractivity contribution in [3.63, 3.8) is 0 Å². The maximum atomic E-state index is 6.69. The molecule has 5 heteroatoms. The van der Waals surface area contributed by atoms with Gasteiger partial charge in [-0.05, 0) is 49.3 Å². The van der Waals surface area contributed by atoms with Crippen molar-refractivity contribution in [2.75, 3.05) is 0 Å². The van der Waals surface area contributed by atoms with E-state index in [0.717, 1.165) is 0 Å². The highest BCUT2D eigenvalue weighted by Gasteiger charge is 2.46. The van der Waals surface area contributed by atoms with E-state index in [4.69, 9.17) is 13.6 Å². The van der Waals surface area contributed by atoms with Crippen molar-refractivity contribution < 1.29 is 13.6 Å². The second-order valence-electron chi connectivity index (χ2n) is 9.86. The standard InChI is InChI=1S/C18H38O3Si2/c1-14-16(21-23(10,11)18(5,6)7)15(12-13-19-14)20-22(8,9)17(2,3)4/h12-16H,1-11H3/t14-,15+,16+/m0/s1. The Kier molecular flexibility index (Phi) is 6.06. The van der Waals surface area contributed by atoms with Gasteiger partial charge in [0.25, 0.3) is 0 Å². The maximum absolute atomic E-state index is 6.69. The molecular weight excluding hydrogens is 320 g/mol. The zero-order chi connectivity index (χ0) is 18.3. The van der Waals surface area contributed by atoms with E-state index in [1.165, 1.54) is 0 Å². The van der Waals surface area contributed by atoms with Crippen molar-refractivity contribution >= 4 is 16.6 Å². The number of hydrogen-bond donors (Lipinski definition) is 0. The summed E-state index contributed by atoms with van der Waals surface area (Å²) in [6, 6.07) is 0. The fourth-order valence-corrected chi connectivity index (χ4v) is 4.61. The Labute approximate surface area is 146 Å². The van der Waals surface area contributed by atoms with Crippen LogP contribution < -0.4 is 0 Å². The van der Waals surface area contributed by atoms with E-state index >= 15 is 0 Å². The molecule has 1 aliphatic heterocycles. The Morgan fingerprint density at radius 2 is 1.26 bits per heavy atom. The molecule has 0 unspecified atom stereocenters. The molecule has 0 spiro atoms. The van der Waals surface area contributed by atoms with E-state index in [1.807, 2.05) is 6.08 Å². The molecule has 0 aromatic heterocycles. The zero-order valence-electron chi connectivity index (χ0n) is 17.1. The third kappa shape index (κ3) is 4.94. The molecule has 1 aliphatic rings. The summed E-state index contributed by atoms with van der Waals surface area (Å²) in [7, 11) is -3.73. The quantitative estimate of drug-likeness (QED) is 0.603. The molecule has 0 saturated heterocycles. The van der Waals surface area contributed by atoms with E-state index in [9.17, 15) is 0 Å². The Morgan fingerprint density at radius 3 is 1.70 bits per heavy atom. The molecule has 3 nitrogen and oxygen atoms in total. The van der Waals surface area contributed by atoms with Gasteiger partial charge in [-0.15, -0.1) is 0 Å². The van der Waals surface area contributed by atoms with Gasteiger partial charge in [-0.25, -0.2) is 0 Å². The van der Waals surface area contributed by atoms with Gasteiger partial charge in [0.1, 0.15) is 12.2 Å². The van der Waals surface area contributed by atoms with E-state index in [0.29, 0.717) is 0 Å². The predicted octanol–water partition coefficient (Wildman–Crippen LogP) is 5.70. The smallest absolute Gasteiger partial charge is 0.193 e. The third-order valence-corrected chi connectivity index (χ3v) is 14.8. The SMILES string of the molecule is C[C@@H]1OC=C[C@@H](O[Si](C)(C)C(C)(C)C)[C@@H]1O[Si](C)(C)C(C)(C)C. The fourth-order valence-electron chi connectivity index (χ4n) is 2.00. The second-order valence-corrected chi connectivity index (χ2v) is 19.4. The lowest BCUT2D eigenvalue weighted by Gasteiger charge is -2.46. The fraction of sp³-hybridized carbons (Fsp3) is 0.889. The molecule has 1 rings (SSSR count). The summed E-state index contributed by atoms with van der Waals surface area (Å²) < 4.78 is 19.1. The van der Waals surface area contributed by atoms with Crippen LogP contribution in [0.2, 0.25) is 36.3 Å². The number of hydrogen-bond acceptors (Lipinski definition) is 3. The molecule has 0 N–H and O–H groups in total. The third-order valence-electron chi connectivity index (χ3n) is 5.82. The minimum absolute atomic E-state index is 0.0175. The lowest BCUT2D eigenvalue weighted by atomic mass is 10.1. The van der Waals surface area contributed by atoms with Crippen LogP contribution in [-0.2, 0) is 13.6 Å². The normalized spacial score (nSPS) is 27.0. The molecule has 0 amide bonds. The highest BCUT2D eigenvalue weighted by atomic mass is 28.4. The van der Waals surface area contributed by atoms with Crippen molar-refractivity contribution in [1.29, 1.82) is 0 Å². The lowest BCUT2D eigenvalue weighted by molar-refractivity contribution is -0.0422. The van der Waals surface area contributed by atoms with Crippen LogP contribution >= 0.6 is 0 Å². The minimum Gasteiger partial charge on any atom is -0.496 e. The van der Waals surface area contributed by atoms with Gasteiger partial charge in [0.15, 0.2) is 16.6 Å². The van der Waals surface area contributed by atoms with Gasteiger partial charge in [0.05, 0.1) is 12.4 Å². The van der Waals surface area contributed by atoms with Crippen LogP contribution in [0.3, 0.4) is 0 Å². The summed E-state index contributed by atoms with van der Waals surface area (Å²) in [5, 5.41) is 0.360. The molecule has 0 bridgehead atoms. The van der Waals surface area contributed by atoms with Crippen molar-refractivity contribution in [2.24, 2.45) is 0 Å². The number of rotatable bonds is 4. The highest BCUT2D eigenvalue weighted by molar-refractivity contribution is 6.74. The summed E-state index contributed by atoms with van der Waals surface area (Å²) in [6.45, 7) is 24.9. The Hall–Kier alpha value is -0.106. The average molecular weight is 359 g/mol. The van der Waals surface area contributed by atoms with Crippen LogP contribution in [0.1, 0.15) is 48.5 Å². The molecule has 0 radical (unpaired) electrons. The van der Waals surface area contributed by atoms with E-state index < -0.39 is 16.6 Å². The molecule has 0 fully saturated rings. The first kappa shape index (κ1) is 20.9. The molecule has 1 heterocycles. The van der Waals surface area contributed by atoms with Crippen LogP contribution in [0.25, 0.3) is 0 Å². The van der Waals surface area contributed by atoms with Crippen molar-refractivity contribution in [3.05, 3.63) is 12.3 Å². The second kappa shape index (κ2) is 6.66. The topological polar surface area (TPSA) is 27.7 Å². The summed E-state index contributed by atoms with van der Waals surface area (Å²) >= 11 is 0. The van der Waals surface area contributed by atoms with Crippen LogP contribution in [0.5, 0.6) is 0 Å². The molecule has 136 valence electrons. The molecule has 0 aromatic carbocycles. The van der Waals surface area contributed by atoms with Gasteiger partial charge in [-0.1, -0.05) is 41.5 Å². The predicted molar refractivity (Wildman–Crippen MR) is 104 cm³/mol. The van der Waals surface area contributed by atoms with E-state index in [-0.39, 0.29) is 28.4 Å². The molecule has 3 atom stereocenters. The summed E-state index contributed by atoms with van der Waals surface area (Å²) in [6.07, 6.45) is 3.79. The maximum Gasteiger partial charge on any atom is 0.193 e. The first-order chi connectivity index (χ1) is 10.1. The molecular formula is C18H38O3Si2. The van der Waals surface area contributed by atoms with Gasteiger partial charge in [-0.2, -0.15) is 0 Å². The first-order valence-electron chi connectivity index (χ1n) is 8.76. The Balaban J connectivity index is 3.01. The lowest BCUT2D eigenvalue weighted by Crippen LogP contribution is -2.55. The Morgan fingerprint density at radius 1 is 0.826 bits per heavy atom. The van der Waals surface area contributed by atoms with Crippen molar-refractivity contribution in [3.8, 4) is 0 Å². The largest absolute Gasteiger partial charge is 0.496 e. The van der Waals surface area contributed by atoms with Crippen molar-refractivity contribution in [2.45, 2.75) is 103 Å². The van der Waals surface area contributed by atoms with Gasteiger partial charge < -0.3 is 13.6 Å². The minimum atomic E-state index is -1.88. The highest BCUT2D eigenvalue weighted by Crippen LogP contribution is 2.41. The molecule has 0 aromatic rings. The van der Waals surface area contributed by atoms with Crippen LogP contribution in [0, 0.1) is 0 Å². The molecule has 0 saturated carbocycles. The summed E-state index contributed by atoms with van der Waals surface area (Å²) in [4.78, 5) is 0. The van der Waals surface area contributed by atoms with Gasteiger partial charge in [0, 0.05) is 0 Å². The number of ether oxygens (including phenoxy) is 1.